The van der Waals surface area contributed by atoms with Gasteiger partial charge in [-0.1, -0.05) is 0 Å². The molecule has 0 unspecified atom stereocenters. The fourth-order valence-electron chi connectivity index (χ4n) is 4.24. The van der Waals surface area contributed by atoms with E-state index in [0.29, 0.717) is 42.5 Å². The molecular weight excluding hydrogens is 383 g/mol. The van der Waals surface area contributed by atoms with Crippen molar-refractivity contribution in [2.24, 2.45) is 5.92 Å². The lowest BCUT2D eigenvalue weighted by atomic mass is 9.79. The Labute approximate surface area is 164 Å². The lowest BCUT2D eigenvalue weighted by Gasteiger charge is -2.38. The van der Waals surface area contributed by atoms with Crippen molar-refractivity contribution in [1.29, 1.82) is 0 Å². The minimum absolute atomic E-state index is 0.0448. The molecule has 0 N–H and O–H groups in total. The first-order valence-corrected chi connectivity index (χ1v) is 9.53. The Morgan fingerprint density at radius 1 is 1.03 bits per heavy atom. The van der Waals surface area contributed by atoms with Crippen molar-refractivity contribution in [1.82, 2.24) is 14.6 Å². The van der Waals surface area contributed by atoms with E-state index >= 15 is 0 Å². The van der Waals surface area contributed by atoms with Gasteiger partial charge in [0.05, 0.1) is 30.0 Å². The molecule has 1 atom stereocenters. The van der Waals surface area contributed by atoms with Crippen molar-refractivity contribution in [3.05, 3.63) is 65.7 Å². The van der Waals surface area contributed by atoms with Crippen LogP contribution in [0.2, 0.25) is 0 Å². The van der Waals surface area contributed by atoms with E-state index in [2.05, 4.69) is 4.98 Å². The van der Waals surface area contributed by atoms with Crippen LogP contribution in [0.1, 0.15) is 36.9 Å². The minimum Gasteiger partial charge on any atom is -0.327 e. The zero-order valence-corrected chi connectivity index (χ0v) is 15.4. The normalized spacial score (nSPS) is 24.1. The summed E-state index contributed by atoms with van der Waals surface area (Å²) in [5.74, 6) is -2.14. The predicted octanol–water partition coefficient (Wildman–Crippen LogP) is 4.31. The molecule has 2 aliphatic rings. The Morgan fingerprint density at radius 3 is 2.55 bits per heavy atom. The molecule has 2 heterocycles. The maximum Gasteiger partial charge on any atom is 0.249 e. The number of imidazole rings is 1. The number of nitrogens with zero attached hydrogens (tertiary/aromatic N) is 3. The van der Waals surface area contributed by atoms with Crippen LogP contribution in [0.3, 0.4) is 0 Å². The minimum atomic E-state index is -0.678. The average molecular weight is 401 g/mol. The van der Waals surface area contributed by atoms with Crippen LogP contribution in [-0.4, -0.2) is 27.1 Å². The van der Waals surface area contributed by atoms with Crippen molar-refractivity contribution < 1.29 is 22.8 Å². The van der Waals surface area contributed by atoms with Gasteiger partial charge in [0.1, 0.15) is 17.5 Å². The van der Waals surface area contributed by atoms with Crippen molar-refractivity contribution in [3.8, 4) is 0 Å². The highest BCUT2D eigenvalue weighted by Gasteiger charge is 2.42. The molecule has 1 aromatic heterocycles. The third-order valence-corrected chi connectivity index (χ3v) is 5.78. The standard InChI is InChI=1S/C21H18F3N3O2/c22-14-1-2-18-20(10-14)26(11-25-18)17-7-13(8-17)21(28)27-19(3-4-29-27)12-5-15(23)9-16(24)6-12/h1-2,5-6,9-11,13,17,19H,3-4,7-8H2/t13?,17?,19-/m0/s1. The molecule has 2 fully saturated rings. The zero-order chi connectivity index (χ0) is 20.1. The highest BCUT2D eigenvalue weighted by Crippen LogP contribution is 2.43. The van der Waals surface area contributed by atoms with E-state index in [1.54, 1.807) is 12.4 Å². The molecule has 5 rings (SSSR count). The molecule has 1 aliphatic carbocycles. The zero-order valence-electron chi connectivity index (χ0n) is 15.4. The number of hydrogen-bond donors (Lipinski definition) is 0. The van der Waals surface area contributed by atoms with Crippen LogP contribution in [0.4, 0.5) is 13.2 Å². The van der Waals surface area contributed by atoms with Gasteiger partial charge in [-0.25, -0.2) is 23.2 Å². The van der Waals surface area contributed by atoms with Gasteiger partial charge in [0.15, 0.2) is 0 Å². The van der Waals surface area contributed by atoms with E-state index in [0.717, 1.165) is 6.07 Å². The topological polar surface area (TPSA) is 47.4 Å². The number of halogens is 3. The number of amides is 1. The second-order valence-electron chi connectivity index (χ2n) is 7.61. The van der Waals surface area contributed by atoms with Crippen LogP contribution in [0.5, 0.6) is 0 Å². The molecule has 0 spiro atoms. The summed E-state index contributed by atoms with van der Waals surface area (Å²) < 4.78 is 42.7. The third kappa shape index (κ3) is 3.17. The first-order valence-electron chi connectivity index (χ1n) is 9.53. The molecule has 0 bridgehead atoms. The number of benzene rings is 2. The fourth-order valence-corrected chi connectivity index (χ4v) is 4.24. The number of fused-ring (bicyclic) bond motifs is 1. The first-order chi connectivity index (χ1) is 14.0. The van der Waals surface area contributed by atoms with Gasteiger partial charge in [-0.3, -0.25) is 9.63 Å². The van der Waals surface area contributed by atoms with Crippen LogP contribution < -0.4 is 0 Å². The molecule has 3 aromatic rings. The lowest BCUT2D eigenvalue weighted by molar-refractivity contribution is -0.185. The summed E-state index contributed by atoms with van der Waals surface area (Å²) in [5, 5.41) is 1.26. The van der Waals surface area contributed by atoms with Gasteiger partial charge in [-0.2, -0.15) is 0 Å². The summed E-state index contributed by atoms with van der Waals surface area (Å²) in [7, 11) is 0. The molecule has 2 aromatic carbocycles. The lowest BCUT2D eigenvalue weighted by Crippen LogP contribution is -2.41. The number of hydroxylamine groups is 2. The van der Waals surface area contributed by atoms with Crippen LogP contribution >= 0.6 is 0 Å². The molecular formula is C21H18F3N3O2. The van der Waals surface area contributed by atoms with E-state index in [1.165, 1.54) is 29.3 Å². The molecule has 0 radical (unpaired) electrons. The quantitative estimate of drug-likeness (QED) is 0.657. The molecule has 29 heavy (non-hydrogen) atoms. The van der Waals surface area contributed by atoms with E-state index in [4.69, 9.17) is 4.84 Å². The van der Waals surface area contributed by atoms with Crippen LogP contribution in [0.25, 0.3) is 11.0 Å². The third-order valence-electron chi connectivity index (χ3n) is 5.78. The van der Waals surface area contributed by atoms with Gasteiger partial charge in [-0.15, -0.1) is 0 Å². The van der Waals surface area contributed by atoms with Crippen LogP contribution in [0, 0.1) is 23.4 Å². The van der Waals surface area contributed by atoms with Gasteiger partial charge >= 0.3 is 0 Å². The summed E-state index contributed by atoms with van der Waals surface area (Å²) in [6.45, 7) is 0.316. The first kappa shape index (κ1) is 18.2. The number of carbonyl (C=O) groups is 1. The van der Waals surface area contributed by atoms with E-state index in [1.807, 2.05) is 4.57 Å². The van der Waals surface area contributed by atoms with Gasteiger partial charge in [0.2, 0.25) is 5.91 Å². The Bertz CT molecular complexity index is 1070. The predicted molar refractivity (Wildman–Crippen MR) is 98.0 cm³/mol. The van der Waals surface area contributed by atoms with E-state index in [-0.39, 0.29) is 23.7 Å². The molecule has 1 amide bonds. The number of rotatable bonds is 3. The van der Waals surface area contributed by atoms with Crippen LogP contribution in [0.15, 0.2) is 42.7 Å². The molecule has 1 saturated carbocycles. The molecule has 150 valence electrons. The molecule has 5 nitrogen and oxygen atoms in total. The largest absolute Gasteiger partial charge is 0.327 e. The number of carbonyl (C=O) groups excluding carboxylic acids is 1. The summed E-state index contributed by atoms with van der Waals surface area (Å²) in [6, 6.07) is 7.25. The van der Waals surface area contributed by atoms with Crippen molar-refractivity contribution >= 4 is 16.9 Å². The van der Waals surface area contributed by atoms with Gasteiger partial charge in [0, 0.05) is 24.4 Å². The van der Waals surface area contributed by atoms with Crippen LogP contribution in [-0.2, 0) is 9.63 Å². The molecule has 1 saturated heterocycles. The second kappa shape index (κ2) is 6.88. The van der Waals surface area contributed by atoms with Gasteiger partial charge in [-0.05, 0) is 48.7 Å². The highest BCUT2D eigenvalue weighted by molar-refractivity contribution is 5.80. The molecule has 8 heteroatoms. The Kier molecular flexibility index (Phi) is 4.31. The summed E-state index contributed by atoms with van der Waals surface area (Å²) in [5.41, 5.74) is 1.80. The van der Waals surface area contributed by atoms with Crippen molar-refractivity contribution in [2.75, 3.05) is 6.61 Å². The number of hydrogen-bond acceptors (Lipinski definition) is 3. The highest BCUT2D eigenvalue weighted by atomic mass is 19.1. The average Bonchev–Trinajstić information content (AvgIpc) is 3.27. The Hall–Kier alpha value is -2.87. The summed E-state index contributed by atoms with van der Waals surface area (Å²) in [6.07, 6.45) is 3.30. The maximum atomic E-state index is 13.6. The Balaban J connectivity index is 1.31. The van der Waals surface area contributed by atoms with Gasteiger partial charge < -0.3 is 4.57 Å². The Morgan fingerprint density at radius 2 is 1.79 bits per heavy atom. The molecule has 1 aliphatic heterocycles. The summed E-state index contributed by atoms with van der Waals surface area (Å²) >= 11 is 0. The van der Waals surface area contributed by atoms with Gasteiger partial charge in [0.25, 0.3) is 0 Å². The van der Waals surface area contributed by atoms with E-state index < -0.39 is 17.7 Å². The summed E-state index contributed by atoms with van der Waals surface area (Å²) in [4.78, 5) is 22.7. The fraction of sp³-hybridized carbons (Fsp3) is 0.333. The maximum absolute atomic E-state index is 13.6. The number of aromatic nitrogens is 2. The van der Waals surface area contributed by atoms with Crippen molar-refractivity contribution in [2.45, 2.75) is 31.3 Å². The van der Waals surface area contributed by atoms with E-state index in [9.17, 15) is 18.0 Å². The SMILES string of the molecule is O=C(C1CC(n2cnc3ccc(F)cc32)C1)N1OCC[C@H]1c1cc(F)cc(F)c1. The monoisotopic (exact) mass is 401 g/mol. The second-order valence-corrected chi connectivity index (χ2v) is 7.61. The smallest absolute Gasteiger partial charge is 0.249 e. The van der Waals surface area contributed by atoms with Crippen molar-refractivity contribution in [3.63, 3.8) is 0 Å².